The van der Waals surface area contributed by atoms with Gasteiger partial charge in [0.25, 0.3) is 0 Å². The van der Waals surface area contributed by atoms with Crippen LogP contribution in [0.5, 0.6) is 0 Å². The molecule has 0 aliphatic carbocycles. The van der Waals surface area contributed by atoms with E-state index in [9.17, 15) is 15.0 Å². The highest BCUT2D eigenvalue weighted by Crippen LogP contribution is 2.24. The standard InChI is InChI=1S/C24H48O4/c1-20(2)14-8-5-9-15-21(25)16-10-6-11-17-22(26)18-12-7-13-19-24(3,4)23(27)28/h20-22,25-26H,5-19H2,1-4H3,(H,27,28). The largest absolute Gasteiger partial charge is 0.481 e. The molecule has 0 bridgehead atoms. The molecule has 0 aromatic carbocycles. The summed E-state index contributed by atoms with van der Waals surface area (Å²) in [6, 6.07) is 0. The highest BCUT2D eigenvalue weighted by molar-refractivity contribution is 5.73. The summed E-state index contributed by atoms with van der Waals surface area (Å²) in [5, 5.41) is 29.2. The van der Waals surface area contributed by atoms with Crippen LogP contribution in [0.15, 0.2) is 0 Å². The molecule has 0 heterocycles. The molecule has 0 saturated carbocycles. The molecular weight excluding hydrogens is 352 g/mol. The van der Waals surface area contributed by atoms with Gasteiger partial charge in [0.1, 0.15) is 0 Å². The molecule has 28 heavy (non-hydrogen) atoms. The number of carboxylic acids is 1. The van der Waals surface area contributed by atoms with Gasteiger partial charge >= 0.3 is 5.97 Å². The summed E-state index contributed by atoms with van der Waals surface area (Å²) in [5.41, 5.74) is -0.642. The van der Waals surface area contributed by atoms with E-state index in [2.05, 4.69) is 13.8 Å². The average Bonchev–Trinajstić information content (AvgIpc) is 2.60. The number of carboxylic acid groups (broad SMARTS) is 1. The van der Waals surface area contributed by atoms with Gasteiger partial charge in [-0.3, -0.25) is 4.79 Å². The average molecular weight is 401 g/mol. The summed E-state index contributed by atoms with van der Waals surface area (Å²) in [4.78, 5) is 11.1. The fraction of sp³-hybridized carbons (Fsp3) is 0.958. The van der Waals surface area contributed by atoms with Crippen molar-refractivity contribution in [1.82, 2.24) is 0 Å². The topological polar surface area (TPSA) is 77.8 Å². The zero-order valence-electron chi connectivity index (χ0n) is 19.1. The lowest BCUT2D eigenvalue weighted by Gasteiger charge is -2.18. The SMILES string of the molecule is CC(C)CCCCCC(O)CCCCCC(O)CCCCCC(C)(C)C(=O)O. The molecule has 168 valence electrons. The number of carbonyl (C=O) groups is 1. The van der Waals surface area contributed by atoms with Crippen molar-refractivity contribution in [3.8, 4) is 0 Å². The Morgan fingerprint density at radius 1 is 0.679 bits per heavy atom. The van der Waals surface area contributed by atoms with Gasteiger partial charge in [-0.2, -0.15) is 0 Å². The van der Waals surface area contributed by atoms with Crippen molar-refractivity contribution in [2.24, 2.45) is 11.3 Å². The van der Waals surface area contributed by atoms with E-state index in [-0.39, 0.29) is 12.2 Å². The van der Waals surface area contributed by atoms with Gasteiger partial charge in [-0.25, -0.2) is 0 Å². The van der Waals surface area contributed by atoms with Crippen LogP contribution in [0.25, 0.3) is 0 Å². The third-order valence-corrected chi connectivity index (χ3v) is 5.81. The lowest BCUT2D eigenvalue weighted by molar-refractivity contribution is -0.147. The van der Waals surface area contributed by atoms with Gasteiger partial charge in [-0.15, -0.1) is 0 Å². The maximum atomic E-state index is 11.1. The summed E-state index contributed by atoms with van der Waals surface area (Å²) in [5.74, 6) is 0.0492. The molecule has 2 unspecified atom stereocenters. The Labute approximate surface area is 174 Å². The van der Waals surface area contributed by atoms with Crippen molar-refractivity contribution in [2.45, 2.75) is 136 Å². The summed E-state index contributed by atoms with van der Waals surface area (Å²) in [7, 11) is 0. The van der Waals surface area contributed by atoms with Gasteiger partial charge in [0.2, 0.25) is 0 Å². The Morgan fingerprint density at radius 2 is 1.04 bits per heavy atom. The third kappa shape index (κ3) is 16.4. The molecule has 0 amide bonds. The highest BCUT2D eigenvalue weighted by atomic mass is 16.4. The van der Waals surface area contributed by atoms with Gasteiger partial charge in [-0.05, 0) is 51.9 Å². The van der Waals surface area contributed by atoms with E-state index in [0.717, 1.165) is 76.5 Å². The van der Waals surface area contributed by atoms with E-state index >= 15 is 0 Å². The molecule has 0 rings (SSSR count). The minimum atomic E-state index is -0.733. The van der Waals surface area contributed by atoms with Crippen LogP contribution in [0.3, 0.4) is 0 Å². The molecule has 0 aromatic rings. The van der Waals surface area contributed by atoms with Crippen molar-refractivity contribution in [3.05, 3.63) is 0 Å². The van der Waals surface area contributed by atoms with Crippen molar-refractivity contribution in [2.75, 3.05) is 0 Å². The smallest absolute Gasteiger partial charge is 0.309 e. The molecule has 0 aromatic heterocycles. The second-order valence-corrected chi connectivity index (χ2v) is 9.77. The van der Waals surface area contributed by atoms with Crippen LogP contribution in [-0.2, 0) is 4.79 Å². The summed E-state index contributed by atoms with van der Waals surface area (Å²) < 4.78 is 0. The number of aliphatic hydroxyl groups excluding tert-OH is 2. The summed E-state index contributed by atoms with van der Waals surface area (Å²) in [6.07, 6.45) is 14.7. The Hall–Kier alpha value is -0.610. The van der Waals surface area contributed by atoms with Gasteiger partial charge in [0, 0.05) is 0 Å². The molecule has 0 radical (unpaired) electrons. The third-order valence-electron chi connectivity index (χ3n) is 5.81. The van der Waals surface area contributed by atoms with Gasteiger partial charge in [-0.1, -0.05) is 78.1 Å². The van der Waals surface area contributed by atoms with Crippen LogP contribution in [0.4, 0.5) is 0 Å². The van der Waals surface area contributed by atoms with Crippen LogP contribution in [0.1, 0.15) is 124 Å². The predicted molar refractivity (Wildman–Crippen MR) is 118 cm³/mol. The van der Waals surface area contributed by atoms with Gasteiger partial charge in [0.15, 0.2) is 0 Å². The second kappa shape index (κ2) is 16.2. The maximum absolute atomic E-state index is 11.1. The van der Waals surface area contributed by atoms with Crippen molar-refractivity contribution >= 4 is 5.97 Å². The zero-order chi connectivity index (χ0) is 21.4. The zero-order valence-corrected chi connectivity index (χ0v) is 19.1. The molecule has 4 heteroatoms. The lowest BCUT2D eigenvalue weighted by Crippen LogP contribution is -2.23. The first-order valence-corrected chi connectivity index (χ1v) is 11.7. The Kier molecular flexibility index (Phi) is 15.9. The van der Waals surface area contributed by atoms with E-state index in [1.54, 1.807) is 13.8 Å². The molecule has 4 nitrogen and oxygen atoms in total. The number of unbranched alkanes of at least 4 members (excludes halogenated alkanes) is 6. The van der Waals surface area contributed by atoms with Gasteiger partial charge in [0.05, 0.1) is 17.6 Å². The molecule has 0 aliphatic heterocycles. The fourth-order valence-electron chi connectivity index (χ4n) is 3.57. The van der Waals surface area contributed by atoms with Crippen molar-refractivity contribution in [1.29, 1.82) is 0 Å². The molecular formula is C24H48O4. The fourth-order valence-corrected chi connectivity index (χ4v) is 3.57. The van der Waals surface area contributed by atoms with Crippen LogP contribution >= 0.6 is 0 Å². The van der Waals surface area contributed by atoms with Gasteiger partial charge < -0.3 is 15.3 Å². The monoisotopic (exact) mass is 400 g/mol. The number of rotatable bonds is 19. The van der Waals surface area contributed by atoms with Crippen LogP contribution in [0, 0.1) is 11.3 Å². The first-order chi connectivity index (χ1) is 13.1. The molecule has 3 N–H and O–H groups in total. The molecule has 0 aliphatic rings. The quantitative estimate of drug-likeness (QED) is 0.221. The number of hydrogen-bond acceptors (Lipinski definition) is 3. The van der Waals surface area contributed by atoms with E-state index in [1.807, 2.05) is 0 Å². The molecule has 2 atom stereocenters. The summed E-state index contributed by atoms with van der Waals surface area (Å²) >= 11 is 0. The van der Waals surface area contributed by atoms with E-state index in [4.69, 9.17) is 5.11 Å². The van der Waals surface area contributed by atoms with Crippen molar-refractivity contribution < 1.29 is 20.1 Å². The predicted octanol–water partition coefficient (Wildman–Crippen LogP) is 6.33. The van der Waals surface area contributed by atoms with Crippen molar-refractivity contribution in [3.63, 3.8) is 0 Å². The van der Waals surface area contributed by atoms with Crippen LogP contribution in [-0.4, -0.2) is 33.5 Å². The summed E-state index contributed by atoms with van der Waals surface area (Å²) in [6.45, 7) is 8.06. The number of hydrogen-bond donors (Lipinski definition) is 3. The second-order valence-electron chi connectivity index (χ2n) is 9.77. The minimum absolute atomic E-state index is 0.154. The first kappa shape index (κ1) is 27.4. The molecule has 0 fully saturated rings. The number of aliphatic carboxylic acids is 1. The van der Waals surface area contributed by atoms with E-state index < -0.39 is 11.4 Å². The lowest BCUT2D eigenvalue weighted by atomic mass is 9.87. The molecule has 0 spiro atoms. The van der Waals surface area contributed by atoms with E-state index in [0.29, 0.717) is 6.42 Å². The Balaban J connectivity index is 3.47. The van der Waals surface area contributed by atoms with Crippen LogP contribution in [0.2, 0.25) is 0 Å². The maximum Gasteiger partial charge on any atom is 0.309 e. The first-order valence-electron chi connectivity index (χ1n) is 11.7. The number of aliphatic hydroxyl groups is 2. The Morgan fingerprint density at radius 3 is 1.39 bits per heavy atom. The highest BCUT2D eigenvalue weighted by Gasteiger charge is 2.25. The normalized spacial score (nSPS) is 14.4. The Bertz CT molecular complexity index is 379. The van der Waals surface area contributed by atoms with Crippen LogP contribution < -0.4 is 0 Å². The minimum Gasteiger partial charge on any atom is -0.481 e. The van der Waals surface area contributed by atoms with E-state index in [1.165, 1.54) is 19.3 Å². The molecule has 0 saturated heterocycles.